The zero-order valence-corrected chi connectivity index (χ0v) is 8.45. The molecule has 5 atom stereocenters. The largest absolute Gasteiger partial charge is 0.479 e. The molecule has 5 unspecified atom stereocenters. The first-order valence-corrected chi connectivity index (χ1v) is 4.39. The fraction of sp³-hybridized carbons (Fsp3) is 0.857. The van der Waals surface area contributed by atoms with Gasteiger partial charge < -0.3 is 25.5 Å². The Labute approximate surface area is 94.7 Å². The SMILES string of the molecule is O=C(O)C(OO)C(OO)C(O)C(O)C(O)CO. The topological polar surface area (TPSA) is 177 Å². The molecular weight excluding hydrogens is 244 g/mol. The van der Waals surface area contributed by atoms with E-state index in [0.29, 0.717) is 0 Å². The highest BCUT2D eigenvalue weighted by atomic mass is 17.1. The van der Waals surface area contributed by atoms with E-state index in [1.807, 2.05) is 0 Å². The maximum absolute atomic E-state index is 10.5. The van der Waals surface area contributed by atoms with Crippen molar-refractivity contribution in [2.75, 3.05) is 6.61 Å². The van der Waals surface area contributed by atoms with Gasteiger partial charge in [0.2, 0.25) is 6.10 Å². The summed E-state index contributed by atoms with van der Waals surface area (Å²) < 4.78 is 0. The van der Waals surface area contributed by atoms with Crippen molar-refractivity contribution >= 4 is 5.97 Å². The standard InChI is InChI=1S/C7H14O10/c8-1-2(9)3(10)4(11)5(16-14)6(17-15)7(12)13/h2-6,8-11,14-15H,1H2,(H,12,13). The summed E-state index contributed by atoms with van der Waals surface area (Å²) in [6.45, 7) is -0.923. The van der Waals surface area contributed by atoms with Crippen LogP contribution in [0.1, 0.15) is 0 Å². The summed E-state index contributed by atoms with van der Waals surface area (Å²) in [6, 6.07) is 0. The Morgan fingerprint density at radius 1 is 1.06 bits per heavy atom. The Kier molecular flexibility index (Phi) is 7.10. The van der Waals surface area contributed by atoms with Crippen molar-refractivity contribution < 1.29 is 50.6 Å². The van der Waals surface area contributed by atoms with Gasteiger partial charge in [-0.25, -0.2) is 14.6 Å². The van der Waals surface area contributed by atoms with Gasteiger partial charge in [-0.05, 0) is 0 Å². The Morgan fingerprint density at radius 2 is 1.59 bits per heavy atom. The van der Waals surface area contributed by atoms with E-state index in [9.17, 15) is 15.0 Å². The van der Waals surface area contributed by atoms with Gasteiger partial charge in [0.05, 0.1) is 6.61 Å². The van der Waals surface area contributed by atoms with Gasteiger partial charge in [0, 0.05) is 0 Å². The van der Waals surface area contributed by atoms with Gasteiger partial charge in [0.25, 0.3) is 0 Å². The Hall–Kier alpha value is -0.850. The third-order valence-corrected chi connectivity index (χ3v) is 2.04. The molecule has 0 aromatic carbocycles. The number of aliphatic hydroxyl groups excluding tert-OH is 4. The Balaban J connectivity index is 4.79. The minimum Gasteiger partial charge on any atom is -0.479 e. The quantitative estimate of drug-likeness (QED) is 0.174. The number of carboxylic acid groups (broad SMARTS) is 1. The van der Waals surface area contributed by atoms with E-state index < -0.39 is 43.1 Å². The molecule has 0 saturated heterocycles. The Morgan fingerprint density at radius 3 is 1.88 bits per heavy atom. The molecule has 0 aromatic heterocycles. The first kappa shape index (κ1) is 16.1. The van der Waals surface area contributed by atoms with Crippen LogP contribution in [0.4, 0.5) is 0 Å². The molecular formula is C7H14O10. The molecule has 0 heterocycles. The highest BCUT2D eigenvalue weighted by Gasteiger charge is 2.42. The van der Waals surface area contributed by atoms with E-state index in [1.165, 1.54) is 0 Å². The monoisotopic (exact) mass is 258 g/mol. The average molecular weight is 258 g/mol. The molecule has 0 amide bonds. The van der Waals surface area contributed by atoms with Crippen molar-refractivity contribution in [1.29, 1.82) is 0 Å². The summed E-state index contributed by atoms with van der Waals surface area (Å²) in [6.07, 6.45) is -10.2. The molecule has 7 N–H and O–H groups in total. The summed E-state index contributed by atoms with van der Waals surface area (Å²) in [5.74, 6) is -1.80. The summed E-state index contributed by atoms with van der Waals surface area (Å²) >= 11 is 0. The van der Waals surface area contributed by atoms with Gasteiger partial charge in [-0.2, -0.15) is 0 Å². The first-order valence-electron chi connectivity index (χ1n) is 4.39. The molecule has 0 spiro atoms. The molecule has 0 bridgehead atoms. The summed E-state index contributed by atoms with van der Waals surface area (Å²) in [7, 11) is 0. The molecule has 0 aliphatic carbocycles. The van der Waals surface area contributed by atoms with Crippen LogP contribution < -0.4 is 0 Å². The smallest absolute Gasteiger partial charge is 0.339 e. The van der Waals surface area contributed by atoms with Crippen molar-refractivity contribution in [3.8, 4) is 0 Å². The van der Waals surface area contributed by atoms with E-state index in [4.69, 9.17) is 25.8 Å². The van der Waals surface area contributed by atoms with E-state index in [1.54, 1.807) is 0 Å². The van der Waals surface area contributed by atoms with Crippen LogP contribution in [0.2, 0.25) is 0 Å². The van der Waals surface area contributed by atoms with E-state index in [-0.39, 0.29) is 0 Å². The number of hydrogen-bond acceptors (Lipinski definition) is 9. The minimum absolute atomic E-state index is 0.923. The molecule has 10 heteroatoms. The van der Waals surface area contributed by atoms with Crippen LogP contribution in [0.5, 0.6) is 0 Å². The van der Waals surface area contributed by atoms with Crippen molar-refractivity contribution in [1.82, 2.24) is 0 Å². The van der Waals surface area contributed by atoms with Crippen LogP contribution in [0, 0.1) is 0 Å². The molecule has 0 saturated carbocycles. The highest BCUT2D eigenvalue weighted by Crippen LogP contribution is 2.13. The van der Waals surface area contributed by atoms with Gasteiger partial charge in [-0.1, -0.05) is 0 Å². The second kappa shape index (κ2) is 7.47. The van der Waals surface area contributed by atoms with Crippen LogP contribution in [0.15, 0.2) is 0 Å². The van der Waals surface area contributed by atoms with E-state index in [0.717, 1.165) is 0 Å². The minimum atomic E-state index is -2.20. The third kappa shape index (κ3) is 4.14. The third-order valence-electron chi connectivity index (χ3n) is 2.04. The fourth-order valence-electron chi connectivity index (χ4n) is 1.07. The zero-order valence-electron chi connectivity index (χ0n) is 8.45. The fourth-order valence-corrected chi connectivity index (χ4v) is 1.07. The van der Waals surface area contributed by atoms with Gasteiger partial charge in [0.15, 0.2) is 6.10 Å². The molecule has 0 aromatic rings. The molecule has 102 valence electrons. The number of rotatable bonds is 8. The summed E-state index contributed by atoms with van der Waals surface area (Å²) in [4.78, 5) is 17.5. The Bertz CT molecular complexity index is 233. The van der Waals surface area contributed by atoms with Gasteiger partial charge >= 0.3 is 5.97 Å². The van der Waals surface area contributed by atoms with Crippen molar-refractivity contribution in [3.05, 3.63) is 0 Å². The maximum Gasteiger partial charge on any atom is 0.339 e. The molecule has 17 heavy (non-hydrogen) atoms. The second-order valence-electron chi connectivity index (χ2n) is 3.17. The van der Waals surface area contributed by atoms with Crippen molar-refractivity contribution in [3.63, 3.8) is 0 Å². The van der Waals surface area contributed by atoms with E-state index >= 15 is 0 Å². The predicted octanol–water partition coefficient (Wildman–Crippen LogP) is -3.14. The summed E-state index contributed by atoms with van der Waals surface area (Å²) in [5, 5.41) is 61.2. The van der Waals surface area contributed by atoms with Gasteiger partial charge in [-0.3, -0.25) is 10.5 Å². The zero-order chi connectivity index (χ0) is 13.6. The van der Waals surface area contributed by atoms with Crippen LogP contribution in [-0.4, -0.2) is 79.1 Å². The normalized spacial score (nSPS) is 20.4. The molecule has 0 fully saturated rings. The lowest BCUT2D eigenvalue weighted by atomic mass is 9.99. The highest BCUT2D eigenvalue weighted by molar-refractivity contribution is 5.73. The molecule has 0 aliphatic rings. The van der Waals surface area contributed by atoms with E-state index in [2.05, 4.69) is 9.78 Å². The number of carboxylic acids is 1. The first-order chi connectivity index (χ1) is 7.90. The number of hydrogen-bond donors (Lipinski definition) is 7. The maximum atomic E-state index is 10.5. The van der Waals surface area contributed by atoms with Gasteiger partial charge in [0.1, 0.15) is 18.3 Å². The lowest BCUT2D eigenvalue weighted by molar-refractivity contribution is -0.367. The van der Waals surface area contributed by atoms with Crippen LogP contribution >= 0.6 is 0 Å². The number of aliphatic hydroxyl groups is 4. The van der Waals surface area contributed by atoms with Crippen LogP contribution in [-0.2, 0) is 14.6 Å². The number of aliphatic carboxylic acids is 1. The number of carbonyl (C=O) groups is 1. The average Bonchev–Trinajstić information content (AvgIpc) is 2.32. The van der Waals surface area contributed by atoms with Gasteiger partial charge in [-0.15, -0.1) is 0 Å². The summed E-state index contributed by atoms with van der Waals surface area (Å²) in [5.41, 5.74) is 0. The second-order valence-corrected chi connectivity index (χ2v) is 3.17. The van der Waals surface area contributed by atoms with Crippen LogP contribution in [0.3, 0.4) is 0 Å². The molecule has 0 radical (unpaired) electrons. The van der Waals surface area contributed by atoms with Crippen molar-refractivity contribution in [2.45, 2.75) is 30.5 Å². The lowest BCUT2D eigenvalue weighted by Gasteiger charge is -2.28. The molecule has 0 aliphatic heterocycles. The van der Waals surface area contributed by atoms with Crippen LogP contribution in [0.25, 0.3) is 0 Å². The predicted molar refractivity (Wildman–Crippen MR) is 47.7 cm³/mol. The molecule has 10 nitrogen and oxygen atoms in total. The lowest BCUT2D eigenvalue weighted by Crippen LogP contribution is -2.53. The van der Waals surface area contributed by atoms with Crippen molar-refractivity contribution in [2.24, 2.45) is 0 Å². The molecule has 0 rings (SSSR count).